The summed E-state index contributed by atoms with van der Waals surface area (Å²) in [6, 6.07) is 79.5. The van der Waals surface area contributed by atoms with Gasteiger partial charge in [-0.1, -0.05) is 178 Å². The van der Waals surface area contributed by atoms with Crippen LogP contribution < -0.4 is 0 Å². The fourth-order valence-corrected chi connectivity index (χ4v) is 12.6. The van der Waals surface area contributed by atoms with Crippen molar-refractivity contribution in [1.82, 2.24) is 4.57 Å². The van der Waals surface area contributed by atoms with Crippen LogP contribution in [0.3, 0.4) is 0 Å². The minimum Gasteiger partial charge on any atom is -0.309 e. The van der Waals surface area contributed by atoms with Crippen molar-refractivity contribution in [1.29, 1.82) is 0 Å². The molecule has 0 spiro atoms. The fraction of sp³-hybridized carbons (Fsp3) is 0.0476. The lowest BCUT2D eigenvalue weighted by molar-refractivity contribution is 0.660. The summed E-state index contributed by atoms with van der Waals surface area (Å²) in [5.74, 6) is 0. The summed E-state index contributed by atoms with van der Waals surface area (Å²) < 4.78 is 5.25. The summed E-state index contributed by atoms with van der Waals surface area (Å²) in [6.07, 6.45) is 0. The van der Waals surface area contributed by atoms with Gasteiger partial charge in [-0.25, -0.2) is 0 Å². The zero-order valence-corrected chi connectivity index (χ0v) is 36.9. The average Bonchev–Trinajstić information content (AvgIpc) is 3.98. The van der Waals surface area contributed by atoms with E-state index >= 15 is 0 Å². The van der Waals surface area contributed by atoms with Crippen LogP contribution in [0.5, 0.6) is 0 Å². The highest BCUT2D eigenvalue weighted by molar-refractivity contribution is 7.26. The minimum atomic E-state index is -0.151. The molecule has 2 heteroatoms. The molecule has 1 aliphatic carbocycles. The Balaban J connectivity index is 0.968. The molecule has 0 unspecified atom stereocenters. The maximum absolute atomic E-state index is 2.51. The third-order valence-electron chi connectivity index (χ3n) is 14.6. The van der Waals surface area contributed by atoms with Gasteiger partial charge in [-0.05, 0) is 131 Å². The second-order valence-electron chi connectivity index (χ2n) is 18.4. The van der Waals surface area contributed by atoms with Crippen LogP contribution in [0, 0.1) is 0 Å². The van der Waals surface area contributed by atoms with Crippen LogP contribution >= 0.6 is 11.3 Å². The summed E-state index contributed by atoms with van der Waals surface area (Å²) in [7, 11) is 0. The third kappa shape index (κ3) is 5.32. The summed E-state index contributed by atoms with van der Waals surface area (Å²) in [6.45, 7) is 4.81. The predicted molar refractivity (Wildman–Crippen MR) is 280 cm³/mol. The molecule has 0 aliphatic heterocycles. The summed E-state index contributed by atoms with van der Waals surface area (Å²) in [4.78, 5) is 0. The quantitative estimate of drug-likeness (QED) is 0.156. The number of aromatic nitrogens is 1. The molecule has 11 aromatic carbocycles. The molecule has 0 atom stereocenters. The number of benzene rings is 11. The molecule has 1 aliphatic rings. The normalized spacial score (nSPS) is 13.2. The van der Waals surface area contributed by atoms with Gasteiger partial charge in [0.05, 0.1) is 11.0 Å². The molecule has 2 heterocycles. The van der Waals surface area contributed by atoms with Crippen LogP contribution in [0.15, 0.2) is 212 Å². The van der Waals surface area contributed by atoms with Gasteiger partial charge >= 0.3 is 0 Å². The van der Waals surface area contributed by atoms with E-state index < -0.39 is 0 Å². The molecule has 0 saturated carbocycles. The first-order chi connectivity index (χ1) is 32.0. The first-order valence-electron chi connectivity index (χ1n) is 22.7. The van der Waals surface area contributed by atoms with Gasteiger partial charge in [0, 0.05) is 47.6 Å². The summed E-state index contributed by atoms with van der Waals surface area (Å²) >= 11 is 1.93. The van der Waals surface area contributed by atoms with Gasteiger partial charge in [-0.3, -0.25) is 0 Å². The van der Waals surface area contributed by atoms with Crippen LogP contribution in [0.4, 0.5) is 0 Å². The number of fused-ring (bicyclic) bond motifs is 16. The Kier molecular flexibility index (Phi) is 7.68. The molecule has 1 nitrogen and oxygen atoms in total. The lowest BCUT2D eigenvalue weighted by atomic mass is 9.82. The van der Waals surface area contributed by atoms with Crippen LogP contribution in [-0.2, 0) is 5.41 Å². The monoisotopic (exact) mass is 843 g/mol. The van der Waals surface area contributed by atoms with Crippen molar-refractivity contribution in [3.05, 3.63) is 223 Å². The minimum absolute atomic E-state index is 0.151. The van der Waals surface area contributed by atoms with E-state index in [4.69, 9.17) is 0 Å². The lowest BCUT2D eigenvalue weighted by Crippen LogP contribution is -2.15. The van der Waals surface area contributed by atoms with Gasteiger partial charge < -0.3 is 4.57 Å². The largest absolute Gasteiger partial charge is 0.309 e. The van der Waals surface area contributed by atoms with E-state index in [9.17, 15) is 0 Å². The van der Waals surface area contributed by atoms with Crippen LogP contribution in [0.2, 0.25) is 0 Å². The molecular weight excluding hydrogens is 803 g/mol. The van der Waals surface area contributed by atoms with Crippen molar-refractivity contribution in [2.45, 2.75) is 19.3 Å². The van der Waals surface area contributed by atoms with Gasteiger partial charge in [0.2, 0.25) is 0 Å². The number of rotatable bonds is 4. The van der Waals surface area contributed by atoms with Crippen molar-refractivity contribution in [3.63, 3.8) is 0 Å². The lowest BCUT2D eigenvalue weighted by Gasteiger charge is -2.22. The smallest absolute Gasteiger partial charge is 0.0541 e. The van der Waals surface area contributed by atoms with Gasteiger partial charge in [-0.15, -0.1) is 11.3 Å². The number of hydrogen-bond acceptors (Lipinski definition) is 1. The molecule has 2 aromatic heterocycles. The Labute approximate surface area is 381 Å². The van der Waals surface area contributed by atoms with E-state index in [-0.39, 0.29) is 5.41 Å². The highest BCUT2D eigenvalue weighted by Gasteiger charge is 2.37. The van der Waals surface area contributed by atoms with Crippen LogP contribution in [-0.4, -0.2) is 4.57 Å². The Morgan fingerprint density at radius 3 is 1.48 bits per heavy atom. The fourth-order valence-electron chi connectivity index (χ4n) is 11.4. The molecule has 13 aromatic rings. The zero-order valence-electron chi connectivity index (χ0n) is 36.1. The second-order valence-corrected chi connectivity index (χ2v) is 19.5. The SMILES string of the molecule is CC1(C)c2cc(-n3c4ccc(-c5ccc(-c6ccccc6)cc5)cc4c4cc(-c5ccc6c7ccccc7c7ccccc7c6c5)ccc43)ccc2-c2c1ccc1c2sc2ccccc21. The topological polar surface area (TPSA) is 4.93 Å². The van der Waals surface area contributed by atoms with Crippen molar-refractivity contribution in [2.24, 2.45) is 0 Å². The van der Waals surface area contributed by atoms with Crippen molar-refractivity contribution in [3.8, 4) is 50.2 Å². The highest BCUT2D eigenvalue weighted by Crippen LogP contribution is 2.54. The van der Waals surface area contributed by atoms with E-state index in [0.717, 1.165) is 0 Å². The molecule has 65 heavy (non-hydrogen) atoms. The first kappa shape index (κ1) is 36.7. The molecule has 0 bridgehead atoms. The van der Waals surface area contributed by atoms with Crippen LogP contribution in [0.1, 0.15) is 25.0 Å². The van der Waals surface area contributed by atoms with E-state index in [2.05, 4.69) is 231 Å². The molecule has 14 rings (SSSR count). The third-order valence-corrected chi connectivity index (χ3v) is 15.8. The van der Waals surface area contributed by atoms with E-state index in [1.807, 2.05) is 11.3 Å². The predicted octanol–water partition coefficient (Wildman–Crippen LogP) is 17.9. The first-order valence-corrected chi connectivity index (χ1v) is 23.5. The molecule has 0 fully saturated rings. The van der Waals surface area contributed by atoms with E-state index in [1.165, 1.54) is 136 Å². The standard InChI is InChI=1S/C63H41NS/c1-63(2)56-31-30-51-50-18-10-11-19-60(50)65-62(51)61(56)52-29-27-44(37-57(52)63)64-58-32-25-41(40-22-20-39(21-23-40)38-12-4-3-5-13-38)35-54(58)55-36-43(26-33-59(55)64)42-24-28-49-47-16-7-6-14-45(47)46-15-8-9-17-48(46)53(49)34-42/h3-37H,1-2H3. The van der Waals surface area contributed by atoms with Gasteiger partial charge in [0.1, 0.15) is 0 Å². The summed E-state index contributed by atoms with van der Waals surface area (Å²) in [5, 5.41) is 13.0. The number of nitrogens with zero attached hydrogens (tertiary/aromatic N) is 1. The summed E-state index contributed by atoms with van der Waals surface area (Å²) in [5.41, 5.74) is 16.3. The maximum Gasteiger partial charge on any atom is 0.0541 e. The molecule has 0 N–H and O–H groups in total. The van der Waals surface area contributed by atoms with Gasteiger partial charge in [-0.2, -0.15) is 0 Å². The van der Waals surface area contributed by atoms with E-state index in [1.54, 1.807) is 0 Å². The number of thiophene rings is 1. The van der Waals surface area contributed by atoms with Gasteiger partial charge in [0.25, 0.3) is 0 Å². The number of hydrogen-bond donors (Lipinski definition) is 0. The highest BCUT2D eigenvalue weighted by atomic mass is 32.1. The molecule has 0 radical (unpaired) electrons. The van der Waals surface area contributed by atoms with Crippen molar-refractivity contribution >= 4 is 85.6 Å². The maximum atomic E-state index is 2.51. The Morgan fingerprint density at radius 1 is 0.338 bits per heavy atom. The van der Waals surface area contributed by atoms with Crippen molar-refractivity contribution in [2.75, 3.05) is 0 Å². The Morgan fingerprint density at radius 2 is 0.815 bits per heavy atom. The van der Waals surface area contributed by atoms with Gasteiger partial charge in [0.15, 0.2) is 0 Å². The Hall–Kier alpha value is -7.78. The average molecular weight is 844 g/mol. The van der Waals surface area contributed by atoms with Crippen LogP contribution in [0.25, 0.3) is 124 Å². The molecule has 0 amide bonds. The molecule has 304 valence electrons. The van der Waals surface area contributed by atoms with E-state index in [0.29, 0.717) is 0 Å². The molecule has 0 saturated heterocycles. The van der Waals surface area contributed by atoms with Crippen molar-refractivity contribution < 1.29 is 0 Å². The second kappa shape index (κ2) is 13.6. The molecular formula is C63H41NS. The zero-order chi connectivity index (χ0) is 43.0. The Bertz CT molecular complexity index is 4090.